The second-order valence-electron chi connectivity index (χ2n) is 10.5. The number of piperazine rings is 1. The van der Waals surface area contributed by atoms with Crippen LogP contribution in [0.15, 0.2) is 60.4 Å². The summed E-state index contributed by atoms with van der Waals surface area (Å²) >= 11 is 0. The third-order valence-electron chi connectivity index (χ3n) is 8.38. The van der Waals surface area contributed by atoms with E-state index in [1.807, 2.05) is 13.8 Å². The lowest BCUT2D eigenvalue weighted by Crippen LogP contribution is -2.79. The Morgan fingerprint density at radius 3 is 2.29 bits per heavy atom. The van der Waals surface area contributed by atoms with Crippen molar-refractivity contribution >= 4 is 39.4 Å². The molecule has 45 heavy (non-hydrogen) atoms. The molecule has 7 bridgehead atoms. The van der Waals surface area contributed by atoms with Gasteiger partial charge in [0.15, 0.2) is 23.0 Å². The normalized spacial score (nSPS) is 33.0. The number of carbonyl (C=O) groups is 3. The van der Waals surface area contributed by atoms with Gasteiger partial charge in [-0.2, -0.15) is 0 Å². The summed E-state index contributed by atoms with van der Waals surface area (Å²) in [5, 5.41) is 23.7. The lowest BCUT2D eigenvalue weighted by molar-refractivity contribution is -0.175. The highest BCUT2D eigenvalue weighted by Gasteiger charge is 2.78. The molecule has 8 rings (SSSR count). The van der Waals surface area contributed by atoms with Crippen LogP contribution >= 0.6 is 21.6 Å². The molecule has 6 aliphatic rings. The maximum absolute atomic E-state index is 14.7. The van der Waals surface area contributed by atoms with Gasteiger partial charge < -0.3 is 43.7 Å². The van der Waals surface area contributed by atoms with Gasteiger partial charge in [-0.3, -0.25) is 9.59 Å². The number of methoxy groups -OCH3 is 2. The van der Waals surface area contributed by atoms with Crippen molar-refractivity contribution < 1.29 is 48.3 Å². The molecule has 0 aromatic heterocycles. The van der Waals surface area contributed by atoms with E-state index in [0.717, 1.165) is 21.6 Å². The summed E-state index contributed by atoms with van der Waals surface area (Å²) in [5.74, 6) is -1.02. The number of esters is 1. The maximum atomic E-state index is 14.7. The van der Waals surface area contributed by atoms with Crippen molar-refractivity contribution in [3.63, 3.8) is 0 Å². The quantitative estimate of drug-likeness (QED) is 0.278. The van der Waals surface area contributed by atoms with Crippen LogP contribution in [0.1, 0.15) is 35.9 Å². The fraction of sp³-hybridized carbons (Fsp3) is 0.387. The smallest absolute Gasteiger partial charge is 0.338 e. The summed E-state index contributed by atoms with van der Waals surface area (Å²) in [6.07, 6.45) is 0.365. The van der Waals surface area contributed by atoms with E-state index in [9.17, 15) is 24.6 Å². The zero-order chi connectivity index (χ0) is 32.3. The first kappa shape index (κ1) is 31.1. The summed E-state index contributed by atoms with van der Waals surface area (Å²) < 4.78 is 28.7. The van der Waals surface area contributed by atoms with Crippen LogP contribution < -0.4 is 14.2 Å². The molecule has 2 aromatic carbocycles. The van der Waals surface area contributed by atoms with Gasteiger partial charge >= 0.3 is 5.97 Å². The second kappa shape index (κ2) is 11.5. The third kappa shape index (κ3) is 4.26. The SMILES string of the molecule is CC.COc1ccc2cc1Oc1cc(ccc1OC)C(O)C13SSC4(C(=O)N1C)C(O)/C1=C/OC/C=C\C(OC2=O)C1N4C3=O. The van der Waals surface area contributed by atoms with E-state index in [0.29, 0.717) is 11.5 Å². The van der Waals surface area contributed by atoms with Gasteiger partial charge in [0.2, 0.25) is 9.74 Å². The molecular formula is C31H32N2O10S2. The highest BCUT2D eigenvalue weighted by atomic mass is 33.1. The number of aliphatic hydroxyl groups is 2. The lowest BCUT2D eigenvalue weighted by Gasteiger charge is -2.60. The van der Waals surface area contributed by atoms with Crippen molar-refractivity contribution in [1.82, 2.24) is 9.80 Å². The van der Waals surface area contributed by atoms with Crippen LogP contribution in [0.2, 0.25) is 0 Å². The van der Waals surface area contributed by atoms with E-state index in [4.69, 9.17) is 23.7 Å². The highest BCUT2D eigenvalue weighted by Crippen LogP contribution is 2.67. The van der Waals surface area contributed by atoms with E-state index in [1.165, 1.54) is 55.5 Å². The van der Waals surface area contributed by atoms with E-state index < -0.39 is 51.9 Å². The van der Waals surface area contributed by atoms with E-state index in [2.05, 4.69) is 0 Å². The molecule has 6 aliphatic heterocycles. The Hall–Kier alpha value is -3.85. The number of nitrogens with zero attached hydrogens (tertiary/aromatic N) is 2. The summed E-state index contributed by atoms with van der Waals surface area (Å²) in [5.41, 5.74) is 0.582. The number of aliphatic hydroxyl groups excluding tert-OH is 2. The first-order chi connectivity index (χ1) is 21.7. The van der Waals surface area contributed by atoms with Crippen LogP contribution in [-0.2, 0) is 19.1 Å². The Labute approximate surface area is 267 Å². The van der Waals surface area contributed by atoms with Gasteiger partial charge in [0.1, 0.15) is 31.0 Å². The average molecular weight is 657 g/mol. The van der Waals surface area contributed by atoms with E-state index in [1.54, 1.807) is 30.4 Å². The summed E-state index contributed by atoms with van der Waals surface area (Å²) in [7, 11) is 6.31. The fourth-order valence-corrected chi connectivity index (χ4v) is 10.1. The Bertz CT molecular complexity index is 1630. The molecule has 0 radical (unpaired) electrons. The minimum absolute atomic E-state index is 0.105. The number of fused-ring (bicyclic) bond motifs is 6. The van der Waals surface area contributed by atoms with Gasteiger partial charge in [0, 0.05) is 12.6 Å². The lowest BCUT2D eigenvalue weighted by atomic mass is 9.93. The molecule has 14 heteroatoms. The van der Waals surface area contributed by atoms with Gasteiger partial charge in [0.05, 0.1) is 26.0 Å². The van der Waals surface area contributed by atoms with Crippen molar-refractivity contribution in [2.45, 2.75) is 47.9 Å². The Morgan fingerprint density at radius 2 is 1.58 bits per heavy atom. The largest absolute Gasteiger partial charge is 0.497 e. The highest BCUT2D eigenvalue weighted by molar-refractivity contribution is 8.78. The van der Waals surface area contributed by atoms with Gasteiger partial charge in [-0.25, -0.2) is 4.79 Å². The number of hydrogen-bond acceptors (Lipinski definition) is 12. The Balaban J connectivity index is 0.00000175. The number of benzene rings is 2. The standard InChI is InChI=1S/C29H26N2O10S2.C2H6/c1-30-26(35)29-24(33)16-13-39-10-4-5-19-22(16)31(29)27(36)28(30,42-43-29)23(32)14-6-8-17(37-2)20(11-14)40-21-12-15(25(34)41-19)7-9-18(21)38-3;1-2/h4-9,11-13,19,22-24,32-33H,10H2,1-3H3;1-2H3/b5-4-,16-13+;. The van der Waals surface area contributed by atoms with Crippen molar-refractivity contribution in [1.29, 1.82) is 0 Å². The monoisotopic (exact) mass is 656 g/mol. The van der Waals surface area contributed by atoms with Crippen LogP contribution in [-0.4, -0.2) is 93.7 Å². The number of carbonyl (C=O) groups excluding carboxylic acids is 3. The Morgan fingerprint density at radius 1 is 0.911 bits per heavy atom. The van der Waals surface area contributed by atoms with E-state index in [-0.39, 0.29) is 34.8 Å². The molecule has 12 nitrogen and oxygen atoms in total. The predicted octanol–water partition coefficient (Wildman–Crippen LogP) is 3.40. The summed E-state index contributed by atoms with van der Waals surface area (Å²) in [6, 6.07) is 8.07. The molecule has 6 atom stereocenters. The van der Waals surface area contributed by atoms with Gasteiger partial charge in [-0.1, -0.05) is 19.9 Å². The minimum Gasteiger partial charge on any atom is -0.497 e. The van der Waals surface area contributed by atoms with Crippen LogP contribution in [0.5, 0.6) is 23.0 Å². The summed E-state index contributed by atoms with van der Waals surface area (Å²) in [4.78, 5) is 41.3. The number of amides is 2. The average Bonchev–Trinajstić information content (AvgIpc) is 3.30. The first-order valence-corrected chi connectivity index (χ1v) is 16.4. The molecule has 4 fully saturated rings. The summed E-state index contributed by atoms with van der Waals surface area (Å²) in [6.45, 7) is 4.11. The molecule has 0 saturated carbocycles. The van der Waals surface area contributed by atoms with Crippen molar-refractivity contribution in [3.05, 3.63) is 71.5 Å². The number of hydrogen-bond donors (Lipinski definition) is 2. The molecule has 238 valence electrons. The Kier molecular flexibility index (Phi) is 7.96. The van der Waals surface area contributed by atoms with Gasteiger partial charge in [-0.05, 0) is 69.6 Å². The minimum atomic E-state index is -1.85. The topological polar surface area (TPSA) is 144 Å². The van der Waals surface area contributed by atoms with Crippen molar-refractivity contribution in [2.24, 2.45) is 0 Å². The fourth-order valence-electron chi connectivity index (χ4n) is 6.20. The molecule has 4 saturated heterocycles. The molecule has 0 aliphatic carbocycles. The van der Waals surface area contributed by atoms with Crippen LogP contribution in [0.4, 0.5) is 0 Å². The molecule has 2 N–H and O–H groups in total. The second-order valence-corrected chi connectivity index (χ2v) is 13.1. The van der Waals surface area contributed by atoms with Crippen LogP contribution in [0, 0.1) is 0 Å². The van der Waals surface area contributed by atoms with Crippen molar-refractivity contribution in [2.75, 3.05) is 27.9 Å². The van der Waals surface area contributed by atoms with Gasteiger partial charge in [-0.15, -0.1) is 0 Å². The number of rotatable bonds is 2. The third-order valence-corrected chi connectivity index (χ3v) is 12.0. The molecule has 2 aromatic rings. The first-order valence-electron chi connectivity index (χ1n) is 14.3. The molecule has 6 unspecified atom stereocenters. The zero-order valence-electron chi connectivity index (χ0n) is 25.1. The predicted molar refractivity (Wildman–Crippen MR) is 165 cm³/mol. The van der Waals surface area contributed by atoms with Crippen molar-refractivity contribution in [3.8, 4) is 23.0 Å². The molecular weight excluding hydrogens is 624 g/mol. The van der Waals surface area contributed by atoms with Crippen LogP contribution in [0.3, 0.4) is 0 Å². The van der Waals surface area contributed by atoms with Gasteiger partial charge in [0.25, 0.3) is 11.8 Å². The number of ether oxygens (including phenoxy) is 5. The zero-order valence-corrected chi connectivity index (χ0v) is 26.7. The number of likely N-dealkylation sites (N-methyl/N-ethyl adjacent to an activating group) is 1. The molecule has 6 heterocycles. The maximum Gasteiger partial charge on any atom is 0.338 e. The molecule has 2 amide bonds. The van der Waals surface area contributed by atoms with E-state index >= 15 is 0 Å². The van der Waals surface area contributed by atoms with Crippen LogP contribution in [0.25, 0.3) is 0 Å². The molecule has 2 spiro atoms.